The molecular formula is C15H18ClNO2. The second kappa shape index (κ2) is 4.80. The summed E-state index contributed by atoms with van der Waals surface area (Å²) < 4.78 is 0. The standard InChI is InChI=1S/C15H18ClNO2/c1-9-2-3-10(16)6-14(9)15(19)17-11-4-5-12(17)8-13(18)7-11/h2-3,6,11-13,18H,4-5,7-8H2,1H3. The molecule has 4 heteroatoms. The zero-order chi connectivity index (χ0) is 13.6. The summed E-state index contributed by atoms with van der Waals surface area (Å²) in [5.41, 5.74) is 1.65. The van der Waals surface area contributed by atoms with Crippen molar-refractivity contribution >= 4 is 17.5 Å². The van der Waals surface area contributed by atoms with Crippen molar-refractivity contribution in [3.05, 3.63) is 34.3 Å². The van der Waals surface area contributed by atoms with E-state index in [1.165, 1.54) is 0 Å². The van der Waals surface area contributed by atoms with Crippen LogP contribution < -0.4 is 0 Å². The van der Waals surface area contributed by atoms with Gasteiger partial charge in [-0.2, -0.15) is 0 Å². The van der Waals surface area contributed by atoms with Gasteiger partial charge in [-0.15, -0.1) is 0 Å². The number of nitrogens with zero attached hydrogens (tertiary/aromatic N) is 1. The summed E-state index contributed by atoms with van der Waals surface area (Å²) in [4.78, 5) is 14.7. The van der Waals surface area contributed by atoms with E-state index in [-0.39, 0.29) is 24.1 Å². The molecule has 2 unspecified atom stereocenters. The van der Waals surface area contributed by atoms with Crippen LogP contribution in [0.25, 0.3) is 0 Å². The van der Waals surface area contributed by atoms with Crippen molar-refractivity contribution in [1.29, 1.82) is 0 Å². The minimum Gasteiger partial charge on any atom is -0.393 e. The smallest absolute Gasteiger partial charge is 0.254 e. The van der Waals surface area contributed by atoms with Gasteiger partial charge in [0.05, 0.1) is 6.10 Å². The van der Waals surface area contributed by atoms with E-state index < -0.39 is 0 Å². The van der Waals surface area contributed by atoms with Crippen LogP contribution in [0.15, 0.2) is 18.2 Å². The van der Waals surface area contributed by atoms with Gasteiger partial charge in [0.2, 0.25) is 0 Å². The average Bonchev–Trinajstić information content (AvgIpc) is 2.64. The molecule has 2 fully saturated rings. The summed E-state index contributed by atoms with van der Waals surface area (Å²) >= 11 is 6.00. The van der Waals surface area contributed by atoms with Gasteiger partial charge in [0.1, 0.15) is 0 Å². The van der Waals surface area contributed by atoms with Crippen molar-refractivity contribution in [2.75, 3.05) is 0 Å². The summed E-state index contributed by atoms with van der Waals surface area (Å²) in [6.07, 6.45) is 3.19. The Morgan fingerprint density at radius 2 is 1.95 bits per heavy atom. The Morgan fingerprint density at radius 3 is 2.58 bits per heavy atom. The molecule has 0 aliphatic carbocycles. The molecule has 0 radical (unpaired) electrons. The average molecular weight is 280 g/mol. The molecule has 3 rings (SSSR count). The van der Waals surface area contributed by atoms with Crippen LogP contribution in [0.4, 0.5) is 0 Å². The lowest BCUT2D eigenvalue weighted by Gasteiger charge is -2.37. The Kier molecular flexibility index (Phi) is 3.27. The number of aliphatic hydroxyl groups excluding tert-OH is 1. The van der Waals surface area contributed by atoms with E-state index in [9.17, 15) is 9.90 Å². The van der Waals surface area contributed by atoms with Crippen LogP contribution in [0.2, 0.25) is 5.02 Å². The van der Waals surface area contributed by atoms with Gasteiger partial charge in [-0.3, -0.25) is 4.79 Å². The van der Waals surface area contributed by atoms with E-state index in [4.69, 9.17) is 11.6 Å². The molecule has 0 spiro atoms. The molecule has 1 amide bonds. The van der Waals surface area contributed by atoms with Crippen molar-refractivity contribution in [3.8, 4) is 0 Å². The SMILES string of the molecule is Cc1ccc(Cl)cc1C(=O)N1C2CCC1CC(O)C2. The highest BCUT2D eigenvalue weighted by molar-refractivity contribution is 6.31. The largest absolute Gasteiger partial charge is 0.393 e. The second-order valence-corrected chi connectivity index (χ2v) is 6.12. The summed E-state index contributed by atoms with van der Waals surface area (Å²) in [7, 11) is 0. The van der Waals surface area contributed by atoms with E-state index in [0.717, 1.165) is 18.4 Å². The molecule has 102 valence electrons. The van der Waals surface area contributed by atoms with Gasteiger partial charge in [-0.05, 0) is 50.3 Å². The number of carbonyl (C=O) groups is 1. The number of halogens is 1. The summed E-state index contributed by atoms with van der Waals surface area (Å²) in [6.45, 7) is 1.93. The van der Waals surface area contributed by atoms with Crippen LogP contribution in [0.5, 0.6) is 0 Å². The lowest BCUT2D eigenvalue weighted by atomic mass is 9.98. The Balaban J connectivity index is 1.90. The van der Waals surface area contributed by atoms with Gasteiger partial charge in [0.15, 0.2) is 0 Å². The minimum atomic E-state index is -0.248. The molecule has 3 nitrogen and oxygen atoms in total. The molecule has 2 aliphatic rings. The van der Waals surface area contributed by atoms with E-state index in [1.807, 2.05) is 24.0 Å². The van der Waals surface area contributed by atoms with E-state index >= 15 is 0 Å². The zero-order valence-corrected chi connectivity index (χ0v) is 11.7. The normalized spacial score (nSPS) is 29.6. The van der Waals surface area contributed by atoms with Crippen LogP contribution in [0, 0.1) is 6.92 Å². The third-order valence-corrected chi connectivity index (χ3v) is 4.61. The van der Waals surface area contributed by atoms with Crippen molar-refractivity contribution in [2.24, 2.45) is 0 Å². The molecule has 0 saturated carbocycles. The fourth-order valence-corrected chi connectivity index (χ4v) is 3.62. The van der Waals surface area contributed by atoms with Crippen molar-refractivity contribution in [2.45, 2.75) is 50.8 Å². The molecule has 2 saturated heterocycles. The minimum absolute atomic E-state index is 0.0689. The number of aryl methyl sites for hydroxylation is 1. The van der Waals surface area contributed by atoms with Crippen LogP contribution in [0.1, 0.15) is 41.6 Å². The number of piperidine rings is 1. The number of carbonyl (C=O) groups excluding carboxylic acids is 1. The van der Waals surface area contributed by atoms with E-state index in [1.54, 1.807) is 6.07 Å². The number of rotatable bonds is 1. The first-order chi connectivity index (χ1) is 9.06. The quantitative estimate of drug-likeness (QED) is 0.859. The molecule has 1 aromatic carbocycles. The number of benzene rings is 1. The monoisotopic (exact) mass is 279 g/mol. The van der Waals surface area contributed by atoms with Crippen LogP contribution in [0.3, 0.4) is 0 Å². The molecule has 2 aliphatic heterocycles. The topological polar surface area (TPSA) is 40.5 Å². The molecular weight excluding hydrogens is 262 g/mol. The van der Waals surface area contributed by atoms with Gasteiger partial charge >= 0.3 is 0 Å². The number of fused-ring (bicyclic) bond motifs is 2. The maximum absolute atomic E-state index is 12.7. The van der Waals surface area contributed by atoms with Gasteiger partial charge in [0, 0.05) is 22.7 Å². The fourth-order valence-electron chi connectivity index (χ4n) is 3.44. The highest BCUT2D eigenvalue weighted by atomic mass is 35.5. The Morgan fingerprint density at radius 1 is 1.32 bits per heavy atom. The summed E-state index contributed by atoms with van der Waals surface area (Å²) in [5, 5.41) is 10.4. The van der Waals surface area contributed by atoms with Crippen molar-refractivity contribution in [3.63, 3.8) is 0 Å². The number of aliphatic hydroxyl groups is 1. The van der Waals surface area contributed by atoms with Crippen LogP contribution in [-0.4, -0.2) is 34.1 Å². The maximum Gasteiger partial charge on any atom is 0.254 e. The van der Waals surface area contributed by atoms with Gasteiger partial charge < -0.3 is 10.0 Å². The Labute approximate surface area is 118 Å². The molecule has 2 heterocycles. The molecule has 0 aromatic heterocycles. The fraction of sp³-hybridized carbons (Fsp3) is 0.533. The van der Waals surface area contributed by atoms with E-state index in [0.29, 0.717) is 23.4 Å². The summed E-state index contributed by atoms with van der Waals surface area (Å²) in [5.74, 6) is 0.0689. The van der Waals surface area contributed by atoms with Gasteiger partial charge in [-0.1, -0.05) is 17.7 Å². The molecule has 2 atom stereocenters. The van der Waals surface area contributed by atoms with Gasteiger partial charge in [0.25, 0.3) is 5.91 Å². The molecule has 2 bridgehead atoms. The predicted octanol–water partition coefficient (Wildman–Crippen LogP) is 2.78. The maximum atomic E-state index is 12.7. The number of amides is 1. The highest BCUT2D eigenvalue weighted by Crippen LogP contribution is 2.37. The third kappa shape index (κ3) is 2.26. The van der Waals surface area contributed by atoms with E-state index in [2.05, 4.69) is 0 Å². The Hall–Kier alpha value is -1.06. The lowest BCUT2D eigenvalue weighted by Crippen LogP contribution is -2.48. The molecule has 19 heavy (non-hydrogen) atoms. The van der Waals surface area contributed by atoms with Crippen LogP contribution >= 0.6 is 11.6 Å². The number of hydrogen-bond acceptors (Lipinski definition) is 2. The predicted molar refractivity (Wildman–Crippen MR) is 74.4 cm³/mol. The third-order valence-electron chi connectivity index (χ3n) is 4.37. The van der Waals surface area contributed by atoms with Crippen molar-refractivity contribution in [1.82, 2.24) is 4.90 Å². The first kappa shape index (κ1) is 12.9. The molecule has 1 aromatic rings. The first-order valence-corrected chi connectivity index (χ1v) is 7.21. The zero-order valence-electron chi connectivity index (χ0n) is 11.0. The van der Waals surface area contributed by atoms with Gasteiger partial charge in [-0.25, -0.2) is 0 Å². The van der Waals surface area contributed by atoms with Crippen molar-refractivity contribution < 1.29 is 9.90 Å². The van der Waals surface area contributed by atoms with Crippen LogP contribution in [-0.2, 0) is 0 Å². The highest BCUT2D eigenvalue weighted by Gasteiger charge is 2.43. The summed E-state index contributed by atoms with van der Waals surface area (Å²) in [6, 6.07) is 5.83. The number of hydrogen-bond donors (Lipinski definition) is 1. The first-order valence-electron chi connectivity index (χ1n) is 6.83. The second-order valence-electron chi connectivity index (χ2n) is 5.68. The Bertz CT molecular complexity index is 503. The lowest BCUT2D eigenvalue weighted by molar-refractivity contribution is 0.0286. The molecule has 1 N–H and O–H groups in total.